The summed E-state index contributed by atoms with van der Waals surface area (Å²) < 4.78 is 0. The summed E-state index contributed by atoms with van der Waals surface area (Å²) in [5.74, 6) is -1.35. The molecule has 1 fully saturated rings. The van der Waals surface area contributed by atoms with Gasteiger partial charge in [0.2, 0.25) is 5.91 Å². The Morgan fingerprint density at radius 2 is 1.91 bits per heavy atom. The number of rotatable bonds is 6. The molecule has 0 aromatic heterocycles. The summed E-state index contributed by atoms with van der Waals surface area (Å²) >= 11 is 0. The summed E-state index contributed by atoms with van der Waals surface area (Å²) in [7, 11) is 0. The Morgan fingerprint density at radius 1 is 1.26 bits per heavy atom. The van der Waals surface area contributed by atoms with Crippen molar-refractivity contribution in [3.05, 3.63) is 29.8 Å². The predicted octanol–water partition coefficient (Wildman–Crippen LogP) is 2.12. The lowest BCUT2D eigenvalue weighted by molar-refractivity contribution is -0.140. The third-order valence-electron chi connectivity index (χ3n) is 4.06. The Hall–Kier alpha value is -2.37. The van der Waals surface area contributed by atoms with Crippen LogP contribution in [0.15, 0.2) is 24.3 Å². The first-order valence-corrected chi connectivity index (χ1v) is 7.74. The first-order chi connectivity index (χ1) is 10.8. The first kappa shape index (κ1) is 17.0. The second kappa shape index (κ2) is 6.81. The molecule has 0 saturated heterocycles. The Labute approximate surface area is 135 Å². The molecule has 1 aliphatic carbocycles. The van der Waals surface area contributed by atoms with E-state index in [9.17, 15) is 14.4 Å². The van der Waals surface area contributed by atoms with Crippen LogP contribution >= 0.6 is 0 Å². The number of carboxylic acids is 1. The molecule has 124 valence electrons. The van der Waals surface area contributed by atoms with E-state index >= 15 is 0 Å². The van der Waals surface area contributed by atoms with Gasteiger partial charge in [0, 0.05) is 17.2 Å². The first-order valence-electron chi connectivity index (χ1n) is 7.74. The molecule has 3 atom stereocenters. The number of carboxylic acid groups (broad SMARTS) is 1. The number of nitrogens with one attached hydrogen (secondary N) is 2. The monoisotopic (exact) mass is 318 g/mol. The molecule has 1 aliphatic rings. The second-order valence-electron chi connectivity index (χ2n) is 6.42. The highest BCUT2D eigenvalue weighted by molar-refractivity contribution is 5.99. The van der Waals surface area contributed by atoms with Crippen molar-refractivity contribution in [2.24, 2.45) is 17.8 Å². The predicted molar refractivity (Wildman–Crippen MR) is 86.1 cm³/mol. The van der Waals surface area contributed by atoms with Gasteiger partial charge in [0.1, 0.15) is 6.04 Å². The number of aliphatic carboxylic acids is 1. The van der Waals surface area contributed by atoms with Gasteiger partial charge in [-0.3, -0.25) is 9.59 Å². The number of hydrogen-bond acceptors (Lipinski definition) is 3. The SMILES string of the molecule is CC(C)C(NC(=O)c1cccc(NC(=O)C2CC2C)c1)C(=O)O. The smallest absolute Gasteiger partial charge is 0.326 e. The molecule has 3 N–H and O–H groups in total. The lowest BCUT2D eigenvalue weighted by Crippen LogP contribution is -2.44. The average molecular weight is 318 g/mol. The maximum Gasteiger partial charge on any atom is 0.326 e. The van der Waals surface area contributed by atoms with Gasteiger partial charge < -0.3 is 15.7 Å². The zero-order chi connectivity index (χ0) is 17.1. The largest absolute Gasteiger partial charge is 0.480 e. The van der Waals surface area contributed by atoms with Crippen LogP contribution in [-0.4, -0.2) is 28.9 Å². The van der Waals surface area contributed by atoms with Gasteiger partial charge >= 0.3 is 5.97 Å². The standard InChI is InChI=1S/C17H22N2O4/c1-9(2)14(17(22)23)19-15(20)11-5-4-6-12(8-11)18-16(21)13-7-10(13)3/h4-6,8-10,13-14H,7H2,1-3H3,(H,18,21)(H,19,20)(H,22,23). The molecule has 0 bridgehead atoms. The zero-order valence-corrected chi connectivity index (χ0v) is 13.5. The molecule has 6 heteroatoms. The van der Waals surface area contributed by atoms with Crippen LogP contribution in [-0.2, 0) is 9.59 Å². The molecule has 1 saturated carbocycles. The highest BCUT2D eigenvalue weighted by atomic mass is 16.4. The fourth-order valence-corrected chi connectivity index (χ4v) is 2.40. The van der Waals surface area contributed by atoms with Crippen LogP contribution in [0.3, 0.4) is 0 Å². The normalized spacial score (nSPS) is 20.7. The van der Waals surface area contributed by atoms with Gasteiger partial charge in [-0.25, -0.2) is 4.79 Å². The summed E-state index contributed by atoms with van der Waals surface area (Å²) in [6.45, 7) is 5.48. The molecule has 1 aromatic carbocycles. The van der Waals surface area contributed by atoms with E-state index in [1.165, 1.54) is 0 Å². The highest BCUT2D eigenvalue weighted by Gasteiger charge is 2.39. The highest BCUT2D eigenvalue weighted by Crippen LogP contribution is 2.38. The van der Waals surface area contributed by atoms with Crippen molar-refractivity contribution in [3.8, 4) is 0 Å². The molecule has 2 rings (SSSR count). The molecule has 0 heterocycles. The Bertz CT molecular complexity index is 627. The summed E-state index contributed by atoms with van der Waals surface area (Å²) in [5, 5.41) is 14.4. The molecule has 0 radical (unpaired) electrons. The second-order valence-corrected chi connectivity index (χ2v) is 6.42. The van der Waals surface area contributed by atoms with E-state index in [0.717, 1.165) is 6.42 Å². The number of carbonyl (C=O) groups excluding carboxylic acids is 2. The van der Waals surface area contributed by atoms with Gasteiger partial charge in [-0.15, -0.1) is 0 Å². The van der Waals surface area contributed by atoms with E-state index < -0.39 is 17.9 Å². The third-order valence-corrected chi connectivity index (χ3v) is 4.06. The maximum atomic E-state index is 12.2. The molecule has 6 nitrogen and oxygen atoms in total. The van der Waals surface area contributed by atoms with Crippen LogP contribution in [0.2, 0.25) is 0 Å². The summed E-state index contributed by atoms with van der Waals surface area (Å²) in [6, 6.07) is 5.56. The van der Waals surface area contributed by atoms with Crippen molar-refractivity contribution in [3.63, 3.8) is 0 Å². The van der Waals surface area contributed by atoms with Gasteiger partial charge in [-0.1, -0.05) is 26.8 Å². The third kappa shape index (κ3) is 4.31. The lowest BCUT2D eigenvalue weighted by Gasteiger charge is -2.18. The lowest BCUT2D eigenvalue weighted by atomic mass is 10.0. The van der Waals surface area contributed by atoms with Crippen molar-refractivity contribution < 1.29 is 19.5 Å². The maximum absolute atomic E-state index is 12.2. The minimum Gasteiger partial charge on any atom is -0.480 e. The van der Waals surface area contributed by atoms with Crippen LogP contribution in [0, 0.1) is 17.8 Å². The van der Waals surface area contributed by atoms with Crippen LogP contribution in [0.5, 0.6) is 0 Å². The van der Waals surface area contributed by atoms with Gasteiger partial charge in [0.25, 0.3) is 5.91 Å². The van der Waals surface area contributed by atoms with Crippen molar-refractivity contribution in [1.82, 2.24) is 5.32 Å². The van der Waals surface area contributed by atoms with Gasteiger partial charge in [0.05, 0.1) is 0 Å². The fourth-order valence-electron chi connectivity index (χ4n) is 2.40. The van der Waals surface area contributed by atoms with Crippen LogP contribution < -0.4 is 10.6 Å². The van der Waals surface area contributed by atoms with Crippen molar-refractivity contribution in [2.75, 3.05) is 5.32 Å². The topological polar surface area (TPSA) is 95.5 Å². The number of amides is 2. The quantitative estimate of drug-likeness (QED) is 0.748. The van der Waals surface area contributed by atoms with Gasteiger partial charge in [0.15, 0.2) is 0 Å². The molecule has 23 heavy (non-hydrogen) atoms. The number of hydrogen-bond donors (Lipinski definition) is 3. The van der Waals surface area contributed by atoms with E-state index in [0.29, 0.717) is 17.2 Å². The molecule has 1 aromatic rings. The van der Waals surface area contributed by atoms with E-state index in [2.05, 4.69) is 10.6 Å². The summed E-state index contributed by atoms with van der Waals surface area (Å²) in [4.78, 5) is 35.3. The Morgan fingerprint density at radius 3 is 2.43 bits per heavy atom. The van der Waals surface area contributed by atoms with Crippen LogP contribution in [0.1, 0.15) is 37.6 Å². The summed E-state index contributed by atoms with van der Waals surface area (Å²) in [6.07, 6.45) is 0.890. The van der Waals surface area contributed by atoms with Crippen molar-refractivity contribution in [2.45, 2.75) is 33.2 Å². The number of carbonyl (C=O) groups is 3. The Balaban J connectivity index is 2.05. The van der Waals surface area contributed by atoms with Gasteiger partial charge in [-0.2, -0.15) is 0 Å². The van der Waals surface area contributed by atoms with Crippen LogP contribution in [0.25, 0.3) is 0 Å². The molecule has 2 amide bonds. The summed E-state index contributed by atoms with van der Waals surface area (Å²) in [5.41, 5.74) is 0.858. The minimum absolute atomic E-state index is 0.0411. The molecular formula is C17H22N2O4. The number of anilines is 1. The van der Waals surface area contributed by atoms with E-state index in [-0.39, 0.29) is 17.7 Å². The molecule has 0 aliphatic heterocycles. The van der Waals surface area contributed by atoms with E-state index in [1.54, 1.807) is 38.1 Å². The van der Waals surface area contributed by atoms with E-state index in [4.69, 9.17) is 5.11 Å². The molecule has 0 spiro atoms. The van der Waals surface area contributed by atoms with E-state index in [1.807, 2.05) is 6.92 Å². The number of benzene rings is 1. The van der Waals surface area contributed by atoms with Crippen molar-refractivity contribution >= 4 is 23.5 Å². The van der Waals surface area contributed by atoms with Gasteiger partial charge in [-0.05, 0) is 36.5 Å². The fraction of sp³-hybridized carbons (Fsp3) is 0.471. The van der Waals surface area contributed by atoms with Crippen molar-refractivity contribution in [1.29, 1.82) is 0 Å². The minimum atomic E-state index is -1.07. The molecule has 3 unspecified atom stereocenters. The zero-order valence-electron chi connectivity index (χ0n) is 13.5. The Kier molecular flexibility index (Phi) is 5.03. The average Bonchev–Trinajstić information content (AvgIpc) is 3.21. The van der Waals surface area contributed by atoms with Crippen LogP contribution in [0.4, 0.5) is 5.69 Å². The molecular weight excluding hydrogens is 296 g/mol.